The number of carbonyl (C=O) groups excluding carboxylic acids is 1. The molecule has 0 aliphatic carbocycles. The van der Waals surface area contributed by atoms with Crippen LogP contribution in [0.4, 0.5) is 0 Å². The summed E-state index contributed by atoms with van der Waals surface area (Å²) in [5.41, 5.74) is 1.86. The van der Waals surface area contributed by atoms with Crippen molar-refractivity contribution in [3.8, 4) is 0 Å². The molecule has 0 saturated carbocycles. The van der Waals surface area contributed by atoms with E-state index in [-0.39, 0.29) is 5.78 Å². The van der Waals surface area contributed by atoms with E-state index in [0.29, 0.717) is 5.33 Å². The lowest BCUT2D eigenvalue weighted by Gasteiger charge is -2.05. The van der Waals surface area contributed by atoms with Crippen LogP contribution in [0.25, 0.3) is 0 Å². The molecule has 0 aliphatic heterocycles. The van der Waals surface area contributed by atoms with Crippen molar-refractivity contribution in [1.29, 1.82) is 0 Å². The fourth-order valence-electron chi connectivity index (χ4n) is 0.999. The van der Waals surface area contributed by atoms with Crippen molar-refractivity contribution in [3.05, 3.63) is 31.3 Å². The highest BCUT2D eigenvalue weighted by Crippen LogP contribution is 2.25. The molecule has 0 aliphatic rings. The van der Waals surface area contributed by atoms with E-state index in [0.717, 1.165) is 19.2 Å². The van der Waals surface area contributed by atoms with Gasteiger partial charge >= 0.3 is 0 Å². The Balaban J connectivity index is 3.28. The van der Waals surface area contributed by atoms with E-state index < -0.39 is 0 Å². The van der Waals surface area contributed by atoms with E-state index in [1.807, 2.05) is 19.1 Å². The summed E-state index contributed by atoms with van der Waals surface area (Å²) < 4.78 is 1.96. The van der Waals surface area contributed by atoms with Crippen LogP contribution < -0.4 is 0 Å². The van der Waals surface area contributed by atoms with Gasteiger partial charge in [-0.25, -0.2) is 0 Å². The van der Waals surface area contributed by atoms with E-state index >= 15 is 0 Å². The molecule has 4 heteroatoms. The van der Waals surface area contributed by atoms with Gasteiger partial charge in [-0.15, -0.1) is 0 Å². The maximum Gasteiger partial charge on any atom is 0.174 e. The smallest absolute Gasteiger partial charge is 0.174 e. The Labute approximate surface area is 108 Å². The lowest BCUT2D eigenvalue weighted by molar-refractivity contribution is 0.102. The Bertz CT molecular complexity index is 350. The molecular formula is C9H7Br2IO. The number of alkyl halides is 1. The van der Waals surface area contributed by atoms with E-state index in [1.165, 1.54) is 0 Å². The van der Waals surface area contributed by atoms with Crippen molar-refractivity contribution in [1.82, 2.24) is 0 Å². The second-order valence-corrected chi connectivity index (χ2v) is 5.18. The topological polar surface area (TPSA) is 17.1 Å². The molecule has 0 aromatic heterocycles. The van der Waals surface area contributed by atoms with Crippen LogP contribution in [-0.4, -0.2) is 11.1 Å². The molecular weight excluding hydrogens is 411 g/mol. The van der Waals surface area contributed by atoms with Gasteiger partial charge in [0, 0.05) is 13.6 Å². The zero-order valence-corrected chi connectivity index (χ0v) is 12.2. The molecule has 0 bridgehead atoms. The molecule has 0 unspecified atom stereocenters. The molecule has 13 heavy (non-hydrogen) atoms. The van der Waals surface area contributed by atoms with Gasteiger partial charge in [0.2, 0.25) is 0 Å². The second-order valence-electron chi connectivity index (χ2n) is 2.67. The van der Waals surface area contributed by atoms with Gasteiger partial charge in [0.05, 0.1) is 5.33 Å². The van der Waals surface area contributed by atoms with Crippen LogP contribution in [0, 0.1) is 10.5 Å². The first-order valence-corrected chi connectivity index (χ1v) is 6.60. The monoisotopic (exact) mass is 416 g/mol. The average molecular weight is 418 g/mol. The standard InChI is InChI=1S/C9H7Br2IO/c1-5-2-6(8(13)4-10)9(11)7(12)3-5/h2-3H,4H2,1H3. The normalized spacial score (nSPS) is 10.2. The highest BCUT2D eigenvalue weighted by molar-refractivity contribution is 14.1. The predicted octanol–water partition coefficient (Wildman–Crippen LogP) is 3.94. The van der Waals surface area contributed by atoms with E-state index in [2.05, 4.69) is 54.5 Å². The van der Waals surface area contributed by atoms with E-state index in [9.17, 15) is 4.79 Å². The third kappa shape index (κ3) is 2.76. The zero-order chi connectivity index (χ0) is 10.0. The number of ketones is 1. The molecule has 70 valence electrons. The van der Waals surface area contributed by atoms with Gasteiger partial charge in [0.25, 0.3) is 0 Å². The number of hydrogen-bond donors (Lipinski definition) is 0. The van der Waals surface area contributed by atoms with Crippen LogP contribution in [0.5, 0.6) is 0 Å². The highest BCUT2D eigenvalue weighted by Gasteiger charge is 2.11. The first-order valence-electron chi connectivity index (χ1n) is 3.61. The van der Waals surface area contributed by atoms with Crippen LogP contribution >= 0.6 is 54.5 Å². The molecule has 0 atom stereocenters. The van der Waals surface area contributed by atoms with Crippen molar-refractivity contribution < 1.29 is 4.79 Å². The van der Waals surface area contributed by atoms with Gasteiger partial charge in [-0.05, 0) is 63.1 Å². The van der Waals surface area contributed by atoms with Gasteiger partial charge in [-0.1, -0.05) is 15.9 Å². The SMILES string of the molecule is Cc1cc(I)c(Br)c(C(=O)CBr)c1. The number of Topliss-reactive ketones (excluding diaryl/α,β-unsaturated/α-hetero) is 1. The van der Waals surface area contributed by atoms with Crippen molar-refractivity contribution in [3.63, 3.8) is 0 Å². The summed E-state index contributed by atoms with van der Waals surface area (Å²) in [6.45, 7) is 1.99. The summed E-state index contributed by atoms with van der Waals surface area (Å²) in [7, 11) is 0. The fraction of sp³-hybridized carbons (Fsp3) is 0.222. The van der Waals surface area contributed by atoms with Gasteiger partial charge in [0.1, 0.15) is 0 Å². The lowest BCUT2D eigenvalue weighted by atomic mass is 10.1. The summed E-state index contributed by atoms with van der Waals surface area (Å²) >= 11 is 8.78. The van der Waals surface area contributed by atoms with Crippen molar-refractivity contribution in [2.24, 2.45) is 0 Å². The Morgan fingerprint density at radius 1 is 1.54 bits per heavy atom. The summed E-state index contributed by atoms with van der Waals surface area (Å²) in [4.78, 5) is 11.5. The number of benzene rings is 1. The predicted molar refractivity (Wildman–Crippen MR) is 69.7 cm³/mol. The molecule has 0 fully saturated rings. The molecule has 0 amide bonds. The van der Waals surface area contributed by atoms with Crippen LogP contribution in [0.2, 0.25) is 0 Å². The Morgan fingerprint density at radius 3 is 2.69 bits per heavy atom. The quantitative estimate of drug-likeness (QED) is 0.405. The Kier molecular flexibility index (Phi) is 4.38. The fourth-order valence-corrected chi connectivity index (χ4v) is 2.53. The summed E-state index contributed by atoms with van der Waals surface area (Å²) in [5.74, 6) is 0.105. The summed E-state index contributed by atoms with van der Waals surface area (Å²) in [6.07, 6.45) is 0. The third-order valence-electron chi connectivity index (χ3n) is 1.59. The molecule has 1 aromatic carbocycles. The summed E-state index contributed by atoms with van der Waals surface area (Å²) in [6, 6.07) is 3.94. The number of rotatable bonds is 2. The molecule has 0 heterocycles. The minimum atomic E-state index is 0.105. The second kappa shape index (κ2) is 4.89. The van der Waals surface area contributed by atoms with Gasteiger partial charge in [-0.3, -0.25) is 4.79 Å². The first kappa shape index (κ1) is 11.7. The first-order chi connectivity index (χ1) is 6.06. The molecule has 1 rings (SSSR count). The van der Waals surface area contributed by atoms with Crippen LogP contribution in [0.15, 0.2) is 16.6 Å². The third-order valence-corrected chi connectivity index (χ3v) is 4.55. The van der Waals surface area contributed by atoms with Gasteiger partial charge in [0.15, 0.2) is 5.78 Å². The minimum absolute atomic E-state index is 0.105. The zero-order valence-electron chi connectivity index (χ0n) is 6.90. The molecule has 0 N–H and O–H groups in total. The van der Waals surface area contributed by atoms with Gasteiger partial charge < -0.3 is 0 Å². The average Bonchev–Trinajstić information content (AvgIpc) is 2.10. The number of aryl methyl sites for hydroxylation is 1. The Morgan fingerprint density at radius 2 is 2.15 bits per heavy atom. The van der Waals surface area contributed by atoms with Gasteiger partial charge in [-0.2, -0.15) is 0 Å². The number of hydrogen-bond acceptors (Lipinski definition) is 1. The maximum absolute atomic E-state index is 11.5. The van der Waals surface area contributed by atoms with Crippen molar-refractivity contribution >= 4 is 60.2 Å². The molecule has 0 spiro atoms. The molecule has 1 nitrogen and oxygen atoms in total. The highest BCUT2D eigenvalue weighted by atomic mass is 127. The molecule has 0 saturated heterocycles. The lowest BCUT2D eigenvalue weighted by Crippen LogP contribution is -2.02. The number of carbonyl (C=O) groups is 1. The van der Waals surface area contributed by atoms with Crippen molar-refractivity contribution in [2.45, 2.75) is 6.92 Å². The van der Waals surface area contributed by atoms with Crippen LogP contribution in [0.3, 0.4) is 0 Å². The van der Waals surface area contributed by atoms with Crippen molar-refractivity contribution in [2.75, 3.05) is 5.33 Å². The van der Waals surface area contributed by atoms with E-state index in [1.54, 1.807) is 0 Å². The maximum atomic E-state index is 11.5. The minimum Gasteiger partial charge on any atom is -0.293 e. The largest absolute Gasteiger partial charge is 0.293 e. The Hall–Kier alpha value is 0.580. The summed E-state index contributed by atoms with van der Waals surface area (Å²) in [5, 5.41) is 0.366. The van der Waals surface area contributed by atoms with E-state index in [4.69, 9.17) is 0 Å². The van der Waals surface area contributed by atoms with Crippen LogP contribution in [0.1, 0.15) is 15.9 Å². The molecule has 0 radical (unpaired) electrons. The van der Waals surface area contributed by atoms with Crippen LogP contribution in [-0.2, 0) is 0 Å². The number of halogens is 3. The molecule has 1 aromatic rings.